The van der Waals surface area contributed by atoms with E-state index < -0.39 is 10.0 Å². The Labute approximate surface area is 63.9 Å². The molecule has 0 fully saturated rings. The lowest BCUT2D eigenvalue weighted by molar-refractivity contribution is -0.108. The fourth-order valence-electron chi connectivity index (χ4n) is 0.269. The molecule has 0 aromatic heterocycles. The zero-order chi connectivity index (χ0) is 8.04. The zero-order valence-corrected chi connectivity index (χ0v) is 6.52. The number of hydrogen-bond acceptors (Lipinski definition) is 3. The molecule has 1 amide bonds. The van der Waals surface area contributed by atoms with Gasteiger partial charge in [-0.3, -0.25) is 9.52 Å². The molecule has 58 valence electrons. The smallest absolute Gasteiger partial charge is 0.256 e. The average Bonchev–Trinajstić information content (AvgIpc) is 1.84. The Balaban J connectivity index is 4.14. The summed E-state index contributed by atoms with van der Waals surface area (Å²) in [6.45, 7) is 0. The van der Waals surface area contributed by atoms with Gasteiger partial charge < -0.3 is 0 Å². The molecule has 0 spiro atoms. The van der Waals surface area contributed by atoms with Gasteiger partial charge in [0.05, 0.1) is 0 Å². The maximum atomic E-state index is 10.5. The highest BCUT2D eigenvalue weighted by Crippen LogP contribution is 1.85. The molecule has 0 aromatic rings. The number of sulfonamides is 1. The molecular weight excluding hydrogens is 178 g/mol. The van der Waals surface area contributed by atoms with Crippen molar-refractivity contribution in [3.8, 4) is 0 Å². The first-order chi connectivity index (χ1) is 4.62. The topological polar surface area (TPSA) is 63.2 Å². The lowest BCUT2D eigenvalue weighted by Gasteiger charge is -1.90. The second-order valence-electron chi connectivity index (χ2n) is 1.31. The summed E-state index contributed by atoms with van der Waals surface area (Å²) in [6, 6.07) is 0. The molecule has 0 saturated heterocycles. The molecule has 1 N–H and O–H groups in total. The lowest BCUT2D eigenvalue weighted by Crippen LogP contribution is -2.18. The molecule has 0 unspecified atom stereocenters. The minimum atomic E-state index is -3.58. The number of allylic oxidation sites excluding steroid dienone is 1. The predicted molar refractivity (Wildman–Crippen MR) is 38.0 cm³/mol. The molecule has 0 rings (SSSR count). The lowest BCUT2D eigenvalue weighted by atomic mass is 10.8. The van der Waals surface area contributed by atoms with Crippen LogP contribution in [-0.2, 0) is 14.8 Å². The Morgan fingerprint density at radius 1 is 1.50 bits per heavy atom. The van der Waals surface area contributed by atoms with Crippen molar-refractivity contribution in [2.45, 2.75) is 0 Å². The van der Waals surface area contributed by atoms with Crippen LogP contribution in [0.25, 0.3) is 0 Å². The molecule has 4 nitrogen and oxygen atoms in total. The van der Waals surface area contributed by atoms with E-state index in [0.29, 0.717) is 0 Å². The molecule has 0 heterocycles. The molecule has 10 heavy (non-hydrogen) atoms. The van der Waals surface area contributed by atoms with Crippen LogP contribution in [0.2, 0.25) is 0 Å². The van der Waals surface area contributed by atoms with E-state index in [2.05, 4.69) is 0 Å². The number of nitrogens with one attached hydrogen (secondary N) is 1. The highest BCUT2D eigenvalue weighted by Gasteiger charge is 1.99. The van der Waals surface area contributed by atoms with Gasteiger partial charge in [0.1, 0.15) is 0 Å². The zero-order valence-electron chi connectivity index (χ0n) is 4.95. The van der Waals surface area contributed by atoms with E-state index in [4.69, 9.17) is 11.6 Å². The van der Waals surface area contributed by atoms with Crippen LogP contribution >= 0.6 is 11.6 Å². The van der Waals surface area contributed by atoms with E-state index in [1.165, 1.54) is 6.08 Å². The molecule has 0 aliphatic rings. The van der Waals surface area contributed by atoms with Crippen molar-refractivity contribution in [1.82, 2.24) is 4.72 Å². The second-order valence-corrected chi connectivity index (χ2v) is 3.21. The van der Waals surface area contributed by atoms with Crippen LogP contribution in [0.15, 0.2) is 11.5 Å². The van der Waals surface area contributed by atoms with Crippen LogP contribution in [0.4, 0.5) is 0 Å². The molecule has 0 radical (unpaired) electrons. The van der Waals surface area contributed by atoms with Gasteiger partial charge in [-0.2, -0.15) is 0 Å². The van der Waals surface area contributed by atoms with Crippen LogP contribution in [0.1, 0.15) is 0 Å². The molecule has 0 bridgehead atoms. The van der Waals surface area contributed by atoms with Crippen molar-refractivity contribution in [2.75, 3.05) is 5.88 Å². The SMILES string of the molecule is O=CNS(=O)(=O)C=CCCl. The first-order valence-electron chi connectivity index (χ1n) is 2.31. The first-order valence-corrected chi connectivity index (χ1v) is 4.39. The summed E-state index contributed by atoms with van der Waals surface area (Å²) in [4.78, 5) is 9.63. The Morgan fingerprint density at radius 3 is 2.50 bits per heavy atom. The highest BCUT2D eigenvalue weighted by atomic mass is 35.5. The number of alkyl halides is 1. The van der Waals surface area contributed by atoms with Crippen LogP contribution in [-0.4, -0.2) is 20.7 Å². The van der Waals surface area contributed by atoms with E-state index in [1.807, 2.05) is 0 Å². The normalized spacial score (nSPS) is 11.7. The fourth-order valence-corrected chi connectivity index (χ4v) is 1.03. The predicted octanol–water partition coefficient (Wildman–Crippen LogP) is -0.185. The van der Waals surface area contributed by atoms with Crippen molar-refractivity contribution in [3.05, 3.63) is 11.5 Å². The summed E-state index contributed by atoms with van der Waals surface area (Å²) in [5.74, 6) is 0.0970. The third-order valence-corrected chi connectivity index (χ3v) is 1.73. The summed E-state index contributed by atoms with van der Waals surface area (Å²) in [5, 5.41) is 0.828. The van der Waals surface area contributed by atoms with Crippen molar-refractivity contribution < 1.29 is 13.2 Å². The Bertz CT molecular complexity index is 221. The van der Waals surface area contributed by atoms with Gasteiger partial charge in [0.2, 0.25) is 6.41 Å². The van der Waals surface area contributed by atoms with Crippen LogP contribution in [0, 0.1) is 0 Å². The molecule has 0 saturated carbocycles. The highest BCUT2D eigenvalue weighted by molar-refractivity contribution is 7.92. The van der Waals surface area contributed by atoms with Gasteiger partial charge in [-0.05, 0) is 0 Å². The van der Waals surface area contributed by atoms with Gasteiger partial charge in [0.25, 0.3) is 10.0 Å². The summed E-state index contributed by atoms with van der Waals surface area (Å²) >= 11 is 5.14. The molecule has 0 aliphatic heterocycles. The van der Waals surface area contributed by atoms with E-state index in [0.717, 1.165) is 5.41 Å². The monoisotopic (exact) mass is 183 g/mol. The summed E-state index contributed by atoms with van der Waals surface area (Å²) < 4.78 is 22.6. The molecule has 0 atom stereocenters. The van der Waals surface area contributed by atoms with Crippen LogP contribution in [0.5, 0.6) is 0 Å². The molecular formula is C4H6ClNO3S. The maximum absolute atomic E-state index is 10.5. The van der Waals surface area contributed by atoms with E-state index in [9.17, 15) is 13.2 Å². The van der Waals surface area contributed by atoms with Crippen molar-refractivity contribution in [2.24, 2.45) is 0 Å². The van der Waals surface area contributed by atoms with Gasteiger partial charge in [0.15, 0.2) is 0 Å². The van der Waals surface area contributed by atoms with Crippen molar-refractivity contribution in [3.63, 3.8) is 0 Å². The number of amides is 1. The Hall–Kier alpha value is -0.550. The summed E-state index contributed by atoms with van der Waals surface area (Å²) in [5.41, 5.74) is 0. The first kappa shape index (κ1) is 9.45. The largest absolute Gasteiger partial charge is 0.278 e. The van der Waals surface area contributed by atoms with Crippen LogP contribution < -0.4 is 4.72 Å². The van der Waals surface area contributed by atoms with E-state index in [-0.39, 0.29) is 12.3 Å². The Kier molecular flexibility index (Phi) is 4.06. The van der Waals surface area contributed by atoms with E-state index >= 15 is 0 Å². The summed E-state index contributed by atoms with van der Waals surface area (Å²) in [6.07, 6.45) is 1.31. The van der Waals surface area contributed by atoms with Crippen molar-refractivity contribution >= 4 is 28.0 Å². The molecule has 0 aliphatic carbocycles. The third-order valence-electron chi connectivity index (χ3n) is 0.577. The van der Waals surface area contributed by atoms with Gasteiger partial charge >= 0.3 is 0 Å². The minimum Gasteiger partial charge on any atom is -0.278 e. The van der Waals surface area contributed by atoms with Gasteiger partial charge in [-0.1, -0.05) is 6.08 Å². The molecule has 6 heteroatoms. The van der Waals surface area contributed by atoms with Gasteiger partial charge in [-0.25, -0.2) is 8.42 Å². The van der Waals surface area contributed by atoms with Crippen LogP contribution in [0.3, 0.4) is 0 Å². The fraction of sp³-hybridized carbons (Fsp3) is 0.250. The number of carbonyl (C=O) groups excluding carboxylic acids is 1. The van der Waals surface area contributed by atoms with Gasteiger partial charge in [-0.15, -0.1) is 11.6 Å². The number of carbonyl (C=O) groups is 1. The van der Waals surface area contributed by atoms with E-state index in [1.54, 1.807) is 4.72 Å². The Morgan fingerprint density at radius 2 is 2.10 bits per heavy atom. The standard InChI is InChI=1S/C4H6ClNO3S/c5-2-1-3-10(8,9)6-4-7/h1,3-4H,2H2,(H,6,7). The number of halogens is 1. The second kappa shape index (κ2) is 4.29. The summed E-state index contributed by atoms with van der Waals surface area (Å²) in [7, 11) is -3.58. The maximum Gasteiger partial charge on any atom is 0.256 e. The number of hydrogen-bond donors (Lipinski definition) is 1. The third kappa shape index (κ3) is 4.34. The van der Waals surface area contributed by atoms with Gasteiger partial charge in [0, 0.05) is 11.3 Å². The molecule has 0 aromatic carbocycles. The van der Waals surface area contributed by atoms with Crippen molar-refractivity contribution in [1.29, 1.82) is 0 Å². The average molecular weight is 184 g/mol. The minimum absolute atomic E-state index is 0.0912. The number of rotatable bonds is 4. The quantitative estimate of drug-likeness (QED) is 0.486.